The molecule has 0 aliphatic carbocycles. The van der Waals surface area contributed by atoms with Gasteiger partial charge in [-0.2, -0.15) is 5.26 Å². The number of nitriles is 1. The number of rotatable bonds is 3. The predicted octanol–water partition coefficient (Wildman–Crippen LogP) is 3.63. The minimum absolute atomic E-state index is 0.0000265. The third-order valence-corrected chi connectivity index (χ3v) is 5.63. The number of anilines is 1. The smallest absolute Gasteiger partial charge is 0.207 e. The molecule has 0 radical (unpaired) electrons. The maximum absolute atomic E-state index is 15.0. The van der Waals surface area contributed by atoms with Crippen molar-refractivity contribution in [1.29, 1.82) is 5.26 Å². The average Bonchev–Trinajstić information content (AvgIpc) is 2.75. The topological polar surface area (TPSA) is 58.3 Å². The molecule has 0 bridgehead atoms. The van der Waals surface area contributed by atoms with E-state index in [-0.39, 0.29) is 10.9 Å². The molecular formula is C23H22FN3O2. The monoisotopic (exact) mass is 391 g/mol. The summed E-state index contributed by atoms with van der Waals surface area (Å²) in [6.45, 7) is 6.28. The lowest BCUT2D eigenvalue weighted by Crippen LogP contribution is -2.37. The number of pyridine rings is 1. The van der Waals surface area contributed by atoms with Gasteiger partial charge in [-0.25, -0.2) is 4.39 Å². The largest absolute Gasteiger partial charge is 0.378 e. The molecule has 29 heavy (non-hydrogen) atoms. The number of halogens is 1. The number of ether oxygens (including phenoxy) is 1. The lowest BCUT2D eigenvalue weighted by atomic mass is 9.92. The van der Waals surface area contributed by atoms with Crippen LogP contribution in [-0.4, -0.2) is 30.9 Å². The molecule has 6 heteroatoms. The van der Waals surface area contributed by atoms with Crippen molar-refractivity contribution < 1.29 is 9.13 Å². The number of aromatic nitrogens is 1. The van der Waals surface area contributed by atoms with E-state index in [9.17, 15) is 14.4 Å². The number of morpholine rings is 1. The molecule has 1 saturated heterocycles. The number of benzene rings is 2. The molecule has 0 saturated carbocycles. The van der Waals surface area contributed by atoms with E-state index in [2.05, 4.69) is 0 Å². The summed E-state index contributed by atoms with van der Waals surface area (Å²) >= 11 is 0. The maximum Gasteiger partial charge on any atom is 0.207 e. The fourth-order valence-electron chi connectivity index (χ4n) is 3.91. The molecule has 0 atom stereocenters. The molecule has 2 aromatic carbocycles. The Morgan fingerprint density at radius 2 is 1.83 bits per heavy atom. The van der Waals surface area contributed by atoms with Crippen LogP contribution in [0.4, 0.5) is 10.1 Å². The molecule has 0 N–H and O–H groups in total. The first-order chi connectivity index (χ1) is 13.9. The number of hydrogen-bond donors (Lipinski definition) is 0. The summed E-state index contributed by atoms with van der Waals surface area (Å²) in [5, 5.41) is 9.70. The Hall–Kier alpha value is -3.17. The van der Waals surface area contributed by atoms with Gasteiger partial charge in [0.2, 0.25) is 5.43 Å². The van der Waals surface area contributed by atoms with E-state index in [1.165, 1.54) is 6.07 Å². The third kappa shape index (κ3) is 3.28. The highest BCUT2D eigenvalue weighted by atomic mass is 19.1. The van der Waals surface area contributed by atoms with Gasteiger partial charge in [0.05, 0.1) is 35.3 Å². The number of fused-ring (bicyclic) bond motifs is 1. The summed E-state index contributed by atoms with van der Waals surface area (Å²) in [4.78, 5) is 14.7. The summed E-state index contributed by atoms with van der Waals surface area (Å²) in [7, 11) is 0. The Balaban J connectivity index is 2.01. The van der Waals surface area contributed by atoms with Crippen molar-refractivity contribution in [3.63, 3.8) is 0 Å². The molecule has 5 nitrogen and oxygen atoms in total. The second-order valence-electron chi connectivity index (χ2n) is 7.70. The first-order valence-electron chi connectivity index (χ1n) is 9.61. The van der Waals surface area contributed by atoms with Gasteiger partial charge in [-0.15, -0.1) is 0 Å². The highest BCUT2D eigenvalue weighted by Gasteiger charge is 2.27. The van der Waals surface area contributed by atoms with Crippen LogP contribution in [0.3, 0.4) is 0 Å². The van der Waals surface area contributed by atoms with E-state index in [1.807, 2.05) is 59.7 Å². The summed E-state index contributed by atoms with van der Waals surface area (Å²) in [6.07, 6.45) is 1.58. The Labute approximate surface area is 168 Å². The van der Waals surface area contributed by atoms with Crippen molar-refractivity contribution in [2.45, 2.75) is 19.4 Å². The van der Waals surface area contributed by atoms with Gasteiger partial charge in [0, 0.05) is 19.3 Å². The van der Waals surface area contributed by atoms with Crippen LogP contribution in [0.1, 0.15) is 25.0 Å². The van der Waals surface area contributed by atoms with Crippen molar-refractivity contribution >= 4 is 16.6 Å². The SMILES string of the molecule is CC(C)(c1ccccc1)n1cc(C#N)c(=O)c2cc(F)c(N3CCOCC3)cc21. The van der Waals surface area contributed by atoms with Crippen LogP contribution in [-0.2, 0) is 10.3 Å². The molecule has 0 amide bonds. The van der Waals surface area contributed by atoms with E-state index < -0.39 is 16.8 Å². The van der Waals surface area contributed by atoms with E-state index in [0.717, 1.165) is 5.56 Å². The van der Waals surface area contributed by atoms with Gasteiger partial charge in [-0.3, -0.25) is 4.79 Å². The van der Waals surface area contributed by atoms with Crippen molar-refractivity contribution in [3.8, 4) is 6.07 Å². The van der Waals surface area contributed by atoms with Gasteiger partial charge in [0.25, 0.3) is 0 Å². The number of nitrogens with zero attached hydrogens (tertiary/aromatic N) is 3. The molecule has 148 valence electrons. The Morgan fingerprint density at radius 1 is 1.14 bits per heavy atom. The van der Waals surface area contributed by atoms with Gasteiger partial charge < -0.3 is 14.2 Å². The van der Waals surface area contributed by atoms with Crippen molar-refractivity contribution in [1.82, 2.24) is 4.57 Å². The molecule has 1 aliphatic heterocycles. The van der Waals surface area contributed by atoms with Gasteiger partial charge >= 0.3 is 0 Å². The fourth-order valence-corrected chi connectivity index (χ4v) is 3.91. The van der Waals surface area contributed by atoms with Gasteiger partial charge in [0.1, 0.15) is 17.4 Å². The molecule has 1 fully saturated rings. The Kier molecular flexibility index (Phi) is 4.85. The van der Waals surface area contributed by atoms with Crippen molar-refractivity contribution in [3.05, 3.63) is 75.8 Å². The molecule has 3 aromatic rings. The van der Waals surface area contributed by atoms with Crippen LogP contribution in [0, 0.1) is 17.1 Å². The van der Waals surface area contributed by atoms with E-state index >= 15 is 0 Å². The Bertz CT molecular complexity index is 1160. The van der Waals surface area contributed by atoms with Crippen molar-refractivity contribution in [2.24, 2.45) is 0 Å². The second kappa shape index (κ2) is 7.34. The van der Waals surface area contributed by atoms with Gasteiger partial charge in [-0.1, -0.05) is 30.3 Å². The fraction of sp³-hybridized carbons (Fsp3) is 0.304. The second-order valence-corrected chi connectivity index (χ2v) is 7.70. The third-order valence-electron chi connectivity index (χ3n) is 5.63. The molecule has 4 rings (SSSR count). The molecule has 0 unspecified atom stereocenters. The summed E-state index contributed by atoms with van der Waals surface area (Å²) < 4.78 is 22.2. The van der Waals surface area contributed by atoms with Crippen LogP contribution in [0.5, 0.6) is 0 Å². The molecule has 0 spiro atoms. The van der Waals surface area contributed by atoms with Crippen LogP contribution < -0.4 is 10.3 Å². The lowest BCUT2D eigenvalue weighted by molar-refractivity contribution is 0.122. The van der Waals surface area contributed by atoms with Gasteiger partial charge in [0.15, 0.2) is 0 Å². The van der Waals surface area contributed by atoms with E-state index in [1.54, 1.807) is 12.3 Å². The molecule has 1 aliphatic rings. The first kappa shape index (κ1) is 19.2. The highest BCUT2D eigenvalue weighted by molar-refractivity contribution is 5.84. The highest BCUT2D eigenvalue weighted by Crippen LogP contribution is 2.32. The van der Waals surface area contributed by atoms with Crippen LogP contribution in [0.2, 0.25) is 0 Å². The quantitative estimate of drug-likeness (QED) is 0.684. The zero-order valence-electron chi connectivity index (χ0n) is 16.5. The normalized spacial score (nSPS) is 14.8. The lowest BCUT2D eigenvalue weighted by Gasteiger charge is -2.33. The van der Waals surface area contributed by atoms with Crippen LogP contribution in [0.15, 0.2) is 53.5 Å². The standard InChI is InChI=1S/C23H22FN3O2/c1-23(2,17-6-4-3-5-7-17)27-15-16(14-25)22(28)18-12-19(24)21(13-20(18)27)26-8-10-29-11-9-26/h3-7,12-13,15H,8-11H2,1-2H3. The predicted molar refractivity (Wildman–Crippen MR) is 111 cm³/mol. The Morgan fingerprint density at radius 3 is 2.48 bits per heavy atom. The average molecular weight is 391 g/mol. The summed E-state index contributed by atoms with van der Waals surface area (Å²) in [6, 6.07) is 14.8. The molecular weight excluding hydrogens is 369 g/mol. The first-order valence-corrected chi connectivity index (χ1v) is 9.61. The minimum atomic E-state index is -0.557. The minimum Gasteiger partial charge on any atom is -0.378 e. The van der Waals surface area contributed by atoms with E-state index in [0.29, 0.717) is 37.5 Å². The summed E-state index contributed by atoms with van der Waals surface area (Å²) in [5.41, 5.74) is 1.06. The number of hydrogen-bond acceptors (Lipinski definition) is 4. The summed E-state index contributed by atoms with van der Waals surface area (Å²) in [5.74, 6) is -0.462. The molecule has 2 heterocycles. The van der Waals surface area contributed by atoms with Crippen LogP contribution >= 0.6 is 0 Å². The van der Waals surface area contributed by atoms with Crippen LogP contribution in [0.25, 0.3) is 10.9 Å². The van der Waals surface area contributed by atoms with E-state index in [4.69, 9.17) is 4.74 Å². The van der Waals surface area contributed by atoms with Crippen molar-refractivity contribution in [2.75, 3.05) is 31.2 Å². The van der Waals surface area contributed by atoms with Gasteiger partial charge in [-0.05, 0) is 31.5 Å². The zero-order valence-corrected chi connectivity index (χ0v) is 16.5. The maximum atomic E-state index is 15.0. The molecule has 1 aromatic heterocycles. The zero-order chi connectivity index (χ0) is 20.6.